The maximum Gasteiger partial charge on any atom is 0.311 e. The minimum Gasteiger partial charge on any atom is -0.496 e. The molecule has 0 radical (unpaired) electrons. The fourth-order valence-electron chi connectivity index (χ4n) is 2.25. The van der Waals surface area contributed by atoms with E-state index in [9.17, 15) is 14.0 Å². The lowest BCUT2D eigenvalue weighted by molar-refractivity contribution is -0.152. The molecule has 2 aromatic carbocycles. The molecule has 0 heterocycles. The molecule has 0 bridgehead atoms. The van der Waals surface area contributed by atoms with E-state index in [-0.39, 0.29) is 12.1 Å². The number of ether oxygens (including phenoxy) is 2. The molecule has 0 aliphatic carbocycles. The maximum absolute atomic E-state index is 13.5. The van der Waals surface area contributed by atoms with E-state index in [1.54, 1.807) is 37.3 Å². The van der Waals surface area contributed by atoms with Gasteiger partial charge in [0.2, 0.25) is 0 Å². The Bertz CT molecular complexity index is 825. The number of rotatable bonds is 6. The number of anilines is 1. The van der Waals surface area contributed by atoms with Crippen LogP contribution in [0.3, 0.4) is 0 Å². The van der Waals surface area contributed by atoms with Crippen molar-refractivity contribution in [3.63, 3.8) is 0 Å². The van der Waals surface area contributed by atoms with E-state index in [2.05, 4.69) is 5.32 Å². The van der Waals surface area contributed by atoms with Gasteiger partial charge in [0.25, 0.3) is 5.91 Å². The number of carbonyl (C=O) groups excluding carboxylic acids is 2. The van der Waals surface area contributed by atoms with Crippen LogP contribution in [0, 0.1) is 12.7 Å². The lowest BCUT2D eigenvalue weighted by atomic mass is 10.1. The number of halogens is 2. The summed E-state index contributed by atoms with van der Waals surface area (Å²) < 4.78 is 23.8. The highest BCUT2D eigenvalue weighted by atomic mass is 35.5. The number of hydrogen-bond donors (Lipinski definition) is 1. The van der Waals surface area contributed by atoms with E-state index < -0.39 is 23.8 Å². The topological polar surface area (TPSA) is 64.6 Å². The van der Waals surface area contributed by atoms with Gasteiger partial charge in [-0.15, -0.1) is 0 Å². The Labute approximate surface area is 156 Å². The molecule has 26 heavy (non-hydrogen) atoms. The zero-order valence-corrected chi connectivity index (χ0v) is 15.4. The molecule has 0 saturated carbocycles. The van der Waals surface area contributed by atoms with Crippen LogP contribution < -0.4 is 10.1 Å². The quantitative estimate of drug-likeness (QED) is 0.773. The van der Waals surface area contributed by atoms with Crippen molar-refractivity contribution in [1.29, 1.82) is 0 Å². The molecule has 1 amide bonds. The first-order valence-corrected chi connectivity index (χ1v) is 8.27. The Morgan fingerprint density at radius 2 is 1.96 bits per heavy atom. The van der Waals surface area contributed by atoms with Gasteiger partial charge < -0.3 is 14.8 Å². The monoisotopic (exact) mass is 379 g/mol. The minimum absolute atomic E-state index is 0.0967. The fourth-order valence-corrected chi connectivity index (χ4v) is 2.44. The summed E-state index contributed by atoms with van der Waals surface area (Å²) in [6.45, 7) is 3.06. The third-order valence-electron chi connectivity index (χ3n) is 3.69. The molecule has 2 rings (SSSR count). The van der Waals surface area contributed by atoms with E-state index in [1.807, 2.05) is 0 Å². The smallest absolute Gasteiger partial charge is 0.311 e. The van der Waals surface area contributed by atoms with Gasteiger partial charge in [-0.05, 0) is 49.7 Å². The number of methoxy groups -OCH3 is 1. The average Bonchev–Trinajstić information content (AvgIpc) is 2.58. The third kappa shape index (κ3) is 5.20. The Balaban J connectivity index is 1.96. The molecule has 7 heteroatoms. The number of hydrogen-bond acceptors (Lipinski definition) is 4. The number of amides is 1. The summed E-state index contributed by atoms with van der Waals surface area (Å²) in [6.07, 6.45) is -1.14. The molecule has 1 atom stereocenters. The SMILES string of the molecule is COc1ccc(Cl)cc1CC(=O)O[C@H](C)C(=O)Nc1ccc(C)c(F)c1. The number of aryl methyl sites for hydroxylation is 1. The van der Waals surface area contributed by atoms with Crippen molar-refractivity contribution in [3.05, 3.63) is 58.4 Å². The normalized spacial score (nSPS) is 11.6. The van der Waals surface area contributed by atoms with Crippen molar-refractivity contribution in [2.75, 3.05) is 12.4 Å². The summed E-state index contributed by atoms with van der Waals surface area (Å²) in [5.41, 5.74) is 1.31. The molecule has 0 spiro atoms. The van der Waals surface area contributed by atoms with Gasteiger partial charge in [-0.3, -0.25) is 9.59 Å². The second kappa shape index (κ2) is 8.67. The first-order chi connectivity index (χ1) is 12.3. The Hall–Kier alpha value is -2.60. The Morgan fingerprint density at radius 3 is 2.62 bits per heavy atom. The second-order valence-corrected chi connectivity index (χ2v) is 6.15. The van der Waals surface area contributed by atoms with Crippen molar-refractivity contribution in [3.8, 4) is 5.75 Å². The van der Waals surface area contributed by atoms with Gasteiger partial charge in [-0.25, -0.2) is 4.39 Å². The summed E-state index contributed by atoms with van der Waals surface area (Å²) in [5, 5.41) is 2.97. The molecule has 138 valence electrons. The molecule has 0 aliphatic rings. The molecule has 2 aromatic rings. The van der Waals surface area contributed by atoms with Crippen LogP contribution in [0.1, 0.15) is 18.1 Å². The number of nitrogens with one attached hydrogen (secondary N) is 1. The van der Waals surface area contributed by atoms with Gasteiger partial charge in [0, 0.05) is 16.3 Å². The first-order valence-electron chi connectivity index (χ1n) is 7.89. The van der Waals surface area contributed by atoms with Crippen LogP contribution in [0.25, 0.3) is 0 Å². The van der Waals surface area contributed by atoms with Crippen molar-refractivity contribution in [1.82, 2.24) is 0 Å². The molecule has 0 saturated heterocycles. The van der Waals surface area contributed by atoms with Crippen molar-refractivity contribution >= 4 is 29.2 Å². The van der Waals surface area contributed by atoms with E-state index in [4.69, 9.17) is 21.1 Å². The third-order valence-corrected chi connectivity index (χ3v) is 3.93. The standard InChI is InChI=1S/C19H19ClFNO4/c1-11-4-6-15(10-16(11)21)22-19(24)12(2)26-18(23)9-13-8-14(20)5-7-17(13)25-3/h4-8,10,12H,9H2,1-3H3,(H,22,24)/t12-/m1/s1. The molecule has 0 aromatic heterocycles. The molecule has 1 N–H and O–H groups in total. The molecule has 5 nitrogen and oxygen atoms in total. The minimum atomic E-state index is -1.04. The molecule has 0 aliphatic heterocycles. The largest absolute Gasteiger partial charge is 0.496 e. The molecular weight excluding hydrogens is 361 g/mol. The van der Waals surface area contributed by atoms with Crippen LogP contribution in [0.4, 0.5) is 10.1 Å². The zero-order chi connectivity index (χ0) is 19.3. The van der Waals surface area contributed by atoms with Gasteiger partial charge in [0.05, 0.1) is 13.5 Å². The summed E-state index contributed by atoms with van der Waals surface area (Å²) in [7, 11) is 1.48. The molecule has 0 fully saturated rings. The van der Waals surface area contributed by atoms with E-state index >= 15 is 0 Å². The molecule has 0 unspecified atom stereocenters. The van der Waals surface area contributed by atoms with Crippen LogP contribution in [-0.2, 0) is 20.7 Å². The van der Waals surface area contributed by atoms with Gasteiger partial charge in [-0.2, -0.15) is 0 Å². The van der Waals surface area contributed by atoms with Crippen LogP contribution in [0.2, 0.25) is 5.02 Å². The summed E-state index contributed by atoms with van der Waals surface area (Å²) >= 11 is 5.93. The van der Waals surface area contributed by atoms with E-state index in [0.29, 0.717) is 21.9 Å². The number of benzene rings is 2. The lowest BCUT2D eigenvalue weighted by Gasteiger charge is -2.15. The summed E-state index contributed by atoms with van der Waals surface area (Å²) in [6, 6.07) is 9.22. The van der Waals surface area contributed by atoms with Crippen LogP contribution >= 0.6 is 11.6 Å². The zero-order valence-electron chi connectivity index (χ0n) is 14.6. The highest BCUT2D eigenvalue weighted by Gasteiger charge is 2.19. The Morgan fingerprint density at radius 1 is 1.23 bits per heavy atom. The number of carbonyl (C=O) groups is 2. The highest BCUT2D eigenvalue weighted by Crippen LogP contribution is 2.23. The van der Waals surface area contributed by atoms with Crippen LogP contribution in [0.15, 0.2) is 36.4 Å². The van der Waals surface area contributed by atoms with Crippen molar-refractivity contribution in [2.24, 2.45) is 0 Å². The van der Waals surface area contributed by atoms with Crippen molar-refractivity contribution < 1.29 is 23.5 Å². The molecular formula is C19H19ClFNO4. The van der Waals surface area contributed by atoms with Crippen LogP contribution in [0.5, 0.6) is 5.75 Å². The predicted molar refractivity (Wildman–Crippen MR) is 97.0 cm³/mol. The average molecular weight is 380 g/mol. The summed E-state index contributed by atoms with van der Waals surface area (Å²) in [5.74, 6) is -1.10. The van der Waals surface area contributed by atoms with E-state index in [1.165, 1.54) is 20.1 Å². The Kier molecular flexibility index (Phi) is 6.58. The highest BCUT2D eigenvalue weighted by molar-refractivity contribution is 6.30. The van der Waals surface area contributed by atoms with Gasteiger partial charge in [-0.1, -0.05) is 17.7 Å². The predicted octanol–water partition coefficient (Wildman–Crippen LogP) is 3.91. The first kappa shape index (κ1) is 19.7. The van der Waals surface area contributed by atoms with Gasteiger partial charge >= 0.3 is 5.97 Å². The van der Waals surface area contributed by atoms with Gasteiger partial charge in [0.15, 0.2) is 6.10 Å². The fraction of sp³-hybridized carbons (Fsp3) is 0.263. The van der Waals surface area contributed by atoms with Gasteiger partial charge in [0.1, 0.15) is 11.6 Å². The maximum atomic E-state index is 13.5. The summed E-state index contributed by atoms with van der Waals surface area (Å²) in [4.78, 5) is 24.2. The number of esters is 1. The lowest BCUT2D eigenvalue weighted by Crippen LogP contribution is -2.30. The van der Waals surface area contributed by atoms with Crippen LogP contribution in [-0.4, -0.2) is 25.1 Å². The van der Waals surface area contributed by atoms with E-state index in [0.717, 1.165) is 0 Å². The second-order valence-electron chi connectivity index (χ2n) is 5.72. The van der Waals surface area contributed by atoms with Crippen molar-refractivity contribution in [2.45, 2.75) is 26.4 Å².